The molecule has 0 radical (unpaired) electrons. The van der Waals surface area contributed by atoms with E-state index in [4.69, 9.17) is 0 Å². The van der Waals surface area contributed by atoms with Crippen LogP contribution in [0.1, 0.15) is 35.2 Å². The lowest BCUT2D eigenvalue weighted by molar-refractivity contribution is 0.0944. The predicted molar refractivity (Wildman–Crippen MR) is 63.5 cm³/mol. The topological polar surface area (TPSA) is 117 Å². The van der Waals surface area contributed by atoms with Crippen molar-refractivity contribution >= 4 is 15.9 Å². The van der Waals surface area contributed by atoms with Gasteiger partial charge in [-0.15, -0.1) is 5.10 Å². The van der Waals surface area contributed by atoms with Crippen molar-refractivity contribution in [3.05, 3.63) is 11.6 Å². The summed E-state index contributed by atoms with van der Waals surface area (Å²) < 4.78 is 23.8. The van der Waals surface area contributed by atoms with E-state index >= 15 is 0 Å². The maximum Gasteiger partial charge on any atom is 0.291 e. The lowest BCUT2D eigenvalue weighted by Gasteiger charge is -2.02. The molecule has 3 N–H and O–H groups in total. The summed E-state index contributed by atoms with van der Waals surface area (Å²) >= 11 is 0. The molecule has 1 amide bonds. The number of carbonyl (C=O) groups is 1. The molecule has 2 rings (SSSR count). The van der Waals surface area contributed by atoms with Gasteiger partial charge >= 0.3 is 0 Å². The van der Waals surface area contributed by atoms with Crippen LogP contribution in [0.15, 0.2) is 0 Å². The molecule has 1 saturated carbocycles. The van der Waals surface area contributed by atoms with Gasteiger partial charge in [0.15, 0.2) is 0 Å². The Morgan fingerprint density at radius 1 is 1.44 bits per heavy atom. The van der Waals surface area contributed by atoms with Crippen LogP contribution in [-0.4, -0.2) is 48.9 Å². The molecule has 1 aliphatic rings. The number of sulfonamides is 1. The molecule has 0 atom stereocenters. The first-order chi connectivity index (χ1) is 8.46. The van der Waals surface area contributed by atoms with E-state index in [9.17, 15) is 13.2 Å². The molecule has 0 aliphatic heterocycles. The van der Waals surface area contributed by atoms with Gasteiger partial charge in [0, 0.05) is 19.0 Å². The first-order valence-corrected chi connectivity index (χ1v) is 7.50. The van der Waals surface area contributed by atoms with Gasteiger partial charge in [0.1, 0.15) is 5.82 Å². The average molecular weight is 273 g/mol. The molecule has 1 heterocycles. The highest BCUT2D eigenvalue weighted by Gasteiger charge is 2.28. The second-order valence-corrected chi connectivity index (χ2v) is 6.07. The van der Waals surface area contributed by atoms with Crippen molar-refractivity contribution in [1.82, 2.24) is 25.2 Å². The molecule has 18 heavy (non-hydrogen) atoms. The fourth-order valence-electron chi connectivity index (χ4n) is 1.41. The molecule has 8 nitrogen and oxygen atoms in total. The standard InChI is InChI=1S/C9H15N5O3S/c1-18(16,17)11-5-4-10-9(15)8-12-7(13-14-8)6-2-3-6/h6,11H,2-5H2,1H3,(H,10,15)(H,12,13,14). The SMILES string of the molecule is CS(=O)(=O)NCCNC(=O)c1n[nH]c(C2CC2)n1. The van der Waals surface area contributed by atoms with Crippen molar-refractivity contribution in [2.24, 2.45) is 0 Å². The van der Waals surface area contributed by atoms with Crippen LogP contribution in [0.2, 0.25) is 0 Å². The van der Waals surface area contributed by atoms with Crippen molar-refractivity contribution in [3.63, 3.8) is 0 Å². The molecule has 1 aliphatic carbocycles. The fourth-order valence-corrected chi connectivity index (χ4v) is 1.88. The third-order valence-corrected chi connectivity index (χ3v) is 3.17. The second-order valence-electron chi connectivity index (χ2n) is 4.24. The molecule has 100 valence electrons. The summed E-state index contributed by atoms with van der Waals surface area (Å²) in [7, 11) is -3.22. The van der Waals surface area contributed by atoms with Crippen LogP contribution in [0.25, 0.3) is 0 Å². The van der Waals surface area contributed by atoms with Crippen LogP contribution in [0.3, 0.4) is 0 Å². The van der Waals surface area contributed by atoms with E-state index in [-0.39, 0.29) is 18.9 Å². The summed E-state index contributed by atoms with van der Waals surface area (Å²) in [5, 5.41) is 9.08. The molecular formula is C9H15N5O3S. The highest BCUT2D eigenvalue weighted by Crippen LogP contribution is 2.37. The molecule has 9 heteroatoms. The molecule has 1 aromatic heterocycles. The molecule has 1 aromatic rings. The number of rotatable bonds is 6. The number of aromatic amines is 1. The van der Waals surface area contributed by atoms with Crippen molar-refractivity contribution in [3.8, 4) is 0 Å². The molecular weight excluding hydrogens is 258 g/mol. The smallest absolute Gasteiger partial charge is 0.291 e. The molecule has 0 unspecified atom stereocenters. The van der Waals surface area contributed by atoms with Crippen molar-refractivity contribution in [1.29, 1.82) is 0 Å². The zero-order chi connectivity index (χ0) is 13.2. The van der Waals surface area contributed by atoms with Gasteiger partial charge in [-0.2, -0.15) is 0 Å². The summed E-state index contributed by atoms with van der Waals surface area (Å²) in [5.41, 5.74) is 0. The first-order valence-electron chi connectivity index (χ1n) is 5.61. The van der Waals surface area contributed by atoms with Crippen molar-refractivity contribution in [2.75, 3.05) is 19.3 Å². The maximum atomic E-state index is 11.6. The lowest BCUT2D eigenvalue weighted by Crippen LogP contribution is -2.34. The number of H-pyrrole nitrogens is 1. The summed E-state index contributed by atoms with van der Waals surface area (Å²) in [6.45, 7) is 0.337. The first kappa shape index (κ1) is 13.0. The average Bonchev–Trinajstić information content (AvgIpc) is 3.01. The van der Waals surface area contributed by atoms with E-state index in [0.717, 1.165) is 24.9 Å². The minimum atomic E-state index is -3.22. The highest BCUT2D eigenvalue weighted by atomic mass is 32.2. The fraction of sp³-hybridized carbons (Fsp3) is 0.667. The van der Waals surface area contributed by atoms with Crippen LogP contribution in [0.4, 0.5) is 0 Å². The molecule has 0 saturated heterocycles. The quantitative estimate of drug-likeness (QED) is 0.572. The third-order valence-electron chi connectivity index (χ3n) is 2.44. The number of carbonyl (C=O) groups excluding carboxylic acids is 1. The van der Waals surface area contributed by atoms with Gasteiger partial charge in [-0.3, -0.25) is 9.89 Å². The Morgan fingerprint density at radius 3 is 2.78 bits per heavy atom. The van der Waals surface area contributed by atoms with Gasteiger partial charge in [0.25, 0.3) is 5.91 Å². The Bertz CT molecular complexity index is 534. The van der Waals surface area contributed by atoms with Gasteiger partial charge < -0.3 is 5.32 Å². The number of nitrogens with zero attached hydrogens (tertiary/aromatic N) is 2. The predicted octanol–water partition coefficient (Wildman–Crippen LogP) is -1.04. The minimum absolute atomic E-state index is 0.0938. The molecule has 0 bridgehead atoms. The Hall–Kier alpha value is -1.48. The summed E-state index contributed by atoms with van der Waals surface area (Å²) in [6.07, 6.45) is 3.22. The lowest BCUT2D eigenvalue weighted by atomic mass is 10.4. The van der Waals surface area contributed by atoms with Crippen LogP contribution >= 0.6 is 0 Å². The number of hydrogen-bond acceptors (Lipinski definition) is 5. The van der Waals surface area contributed by atoms with Crippen LogP contribution in [0, 0.1) is 0 Å². The Morgan fingerprint density at radius 2 is 2.17 bits per heavy atom. The largest absolute Gasteiger partial charge is 0.348 e. The van der Waals surface area contributed by atoms with E-state index < -0.39 is 15.9 Å². The van der Waals surface area contributed by atoms with Crippen molar-refractivity contribution < 1.29 is 13.2 Å². The second kappa shape index (κ2) is 5.02. The summed E-state index contributed by atoms with van der Waals surface area (Å²) in [6, 6.07) is 0. The Kier molecular flexibility index (Phi) is 3.62. The zero-order valence-corrected chi connectivity index (χ0v) is 10.7. The normalized spacial score (nSPS) is 15.6. The molecule has 0 spiro atoms. The van der Waals surface area contributed by atoms with E-state index in [1.165, 1.54) is 0 Å². The van der Waals surface area contributed by atoms with Crippen LogP contribution < -0.4 is 10.0 Å². The third kappa shape index (κ3) is 3.77. The van der Waals surface area contributed by atoms with E-state index in [1.807, 2.05) is 0 Å². The van der Waals surface area contributed by atoms with E-state index in [2.05, 4.69) is 25.2 Å². The number of aromatic nitrogens is 3. The van der Waals surface area contributed by atoms with Crippen molar-refractivity contribution in [2.45, 2.75) is 18.8 Å². The van der Waals surface area contributed by atoms with Gasteiger partial charge in [0.05, 0.1) is 6.26 Å². The maximum absolute atomic E-state index is 11.6. The van der Waals surface area contributed by atoms with E-state index in [0.29, 0.717) is 5.92 Å². The van der Waals surface area contributed by atoms with Gasteiger partial charge in [-0.25, -0.2) is 18.1 Å². The number of hydrogen-bond donors (Lipinski definition) is 3. The van der Waals surface area contributed by atoms with E-state index in [1.54, 1.807) is 0 Å². The van der Waals surface area contributed by atoms with Gasteiger partial charge in [0.2, 0.25) is 15.8 Å². The monoisotopic (exact) mass is 273 g/mol. The Labute approximate surface area is 105 Å². The number of nitrogens with one attached hydrogen (secondary N) is 3. The van der Waals surface area contributed by atoms with Gasteiger partial charge in [-0.1, -0.05) is 0 Å². The van der Waals surface area contributed by atoms with Crippen LogP contribution in [0.5, 0.6) is 0 Å². The zero-order valence-electron chi connectivity index (χ0n) is 9.93. The summed E-state index contributed by atoms with van der Waals surface area (Å²) in [4.78, 5) is 15.7. The molecule has 1 fully saturated rings. The summed E-state index contributed by atoms with van der Waals surface area (Å²) in [5.74, 6) is 0.838. The highest BCUT2D eigenvalue weighted by molar-refractivity contribution is 7.88. The minimum Gasteiger partial charge on any atom is -0.348 e. The number of amides is 1. The Balaban J connectivity index is 1.76. The molecule has 0 aromatic carbocycles. The van der Waals surface area contributed by atoms with Gasteiger partial charge in [-0.05, 0) is 12.8 Å². The van der Waals surface area contributed by atoms with Crippen LogP contribution in [-0.2, 0) is 10.0 Å².